The summed E-state index contributed by atoms with van der Waals surface area (Å²) in [5, 5.41) is 16.9. The molecule has 2 aliphatic rings. The van der Waals surface area contributed by atoms with Crippen molar-refractivity contribution in [2.45, 2.75) is 6.04 Å². The summed E-state index contributed by atoms with van der Waals surface area (Å²) in [5.74, 6) is 0.125. The molecule has 1 aliphatic heterocycles. The molecule has 6 heteroatoms. The highest BCUT2D eigenvalue weighted by Crippen LogP contribution is 2.31. The van der Waals surface area contributed by atoms with Crippen LogP contribution in [0.5, 0.6) is 5.75 Å². The Bertz CT molecular complexity index is 981. The van der Waals surface area contributed by atoms with Crippen LogP contribution in [-0.4, -0.2) is 33.1 Å². The number of carbonyl (C=O) groups is 1. The average Bonchev–Trinajstić information content (AvgIpc) is 3.08. The van der Waals surface area contributed by atoms with Crippen LogP contribution in [0.15, 0.2) is 71.5 Å². The summed E-state index contributed by atoms with van der Waals surface area (Å²) in [5.41, 5.74) is 2.87. The molecule has 130 valence electrons. The molecule has 2 atom stereocenters. The number of allylic oxidation sites excluding steroid dienone is 2. The molecular formula is C20H18N4O2. The van der Waals surface area contributed by atoms with Crippen LogP contribution >= 0.6 is 0 Å². The lowest BCUT2D eigenvalue weighted by molar-refractivity contribution is 0.0957. The van der Waals surface area contributed by atoms with Gasteiger partial charge in [0.05, 0.1) is 6.04 Å². The molecule has 0 saturated carbocycles. The molecule has 2 unspecified atom stereocenters. The number of aromatic nitrogens is 2. The van der Waals surface area contributed by atoms with Gasteiger partial charge in [0.15, 0.2) is 0 Å². The lowest BCUT2D eigenvalue weighted by Crippen LogP contribution is -2.28. The van der Waals surface area contributed by atoms with Gasteiger partial charge in [-0.2, -0.15) is 5.10 Å². The summed E-state index contributed by atoms with van der Waals surface area (Å²) in [6.07, 6.45) is 11.3. The number of nitrogens with zero attached hydrogens (tertiary/aromatic N) is 3. The Balaban J connectivity index is 1.51. The first-order valence-corrected chi connectivity index (χ1v) is 8.34. The Morgan fingerprint density at radius 2 is 2.08 bits per heavy atom. The second-order valence-corrected chi connectivity index (χ2v) is 6.26. The predicted molar refractivity (Wildman–Crippen MR) is 99.8 cm³/mol. The molecule has 0 fully saturated rings. The average molecular weight is 346 g/mol. The summed E-state index contributed by atoms with van der Waals surface area (Å²) in [7, 11) is 1.73. The summed E-state index contributed by atoms with van der Waals surface area (Å²) < 4.78 is 1.53. The topological polar surface area (TPSA) is 79.5 Å². The van der Waals surface area contributed by atoms with Gasteiger partial charge in [-0.3, -0.25) is 14.5 Å². The van der Waals surface area contributed by atoms with Crippen LogP contribution < -0.4 is 5.32 Å². The standard InChI is InChI=1S/C20H18N4O2/c1-24-18(8-9-22-24)20(26)23-15-7-6-13-10-14(12-21-17(13)11-15)16-4-2-3-5-19(16)25/h2-13,17,25H,1H3,(H,23,26). The zero-order valence-electron chi connectivity index (χ0n) is 14.2. The summed E-state index contributed by atoms with van der Waals surface area (Å²) >= 11 is 0. The Morgan fingerprint density at radius 1 is 1.23 bits per heavy atom. The van der Waals surface area contributed by atoms with Crippen molar-refractivity contribution in [1.82, 2.24) is 15.1 Å². The van der Waals surface area contributed by atoms with E-state index in [1.165, 1.54) is 4.68 Å². The number of para-hydroxylation sites is 1. The first kappa shape index (κ1) is 16.1. The fraction of sp³-hybridized carbons (Fsp3) is 0.150. The number of hydrogen-bond donors (Lipinski definition) is 2. The Morgan fingerprint density at radius 3 is 2.85 bits per heavy atom. The number of phenolic OH excluding ortho intramolecular Hbond substituents is 1. The quantitative estimate of drug-likeness (QED) is 0.896. The number of aryl methyl sites for hydroxylation is 1. The van der Waals surface area contributed by atoms with Gasteiger partial charge < -0.3 is 10.4 Å². The maximum absolute atomic E-state index is 12.3. The van der Waals surface area contributed by atoms with Crippen molar-refractivity contribution in [3.63, 3.8) is 0 Å². The number of carbonyl (C=O) groups excluding carboxylic acids is 1. The number of nitrogens with one attached hydrogen (secondary N) is 1. The van der Waals surface area contributed by atoms with Gasteiger partial charge in [0, 0.05) is 36.6 Å². The van der Waals surface area contributed by atoms with Crippen LogP contribution in [0.2, 0.25) is 0 Å². The molecule has 1 aromatic heterocycles. The summed E-state index contributed by atoms with van der Waals surface area (Å²) in [4.78, 5) is 16.9. The lowest BCUT2D eigenvalue weighted by Gasteiger charge is -2.25. The number of hydrogen-bond acceptors (Lipinski definition) is 4. The third kappa shape index (κ3) is 2.97. The van der Waals surface area contributed by atoms with Crippen LogP contribution in [0.4, 0.5) is 0 Å². The predicted octanol–water partition coefficient (Wildman–Crippen LogP) is 2.46. The highest BCUT2D eigenvalue weighted by Gasteiger charge is 2.23. The molecule has 26 heavy (non-hydrogen) atoms. The van der Waals surface area contributed by atoms with Crippen LogP contribution in [0.1, 0.15) is 16.1 Å². The number of rotatable bonds is 3. The van der Waals surface area contributed by atoms with Crippen molar-refractivity contribution in [3.05, 3.63) is 77.8 Å². The Labute approximate surface area is 150 Å². The smallest absolute Gasteiger partial charge is 0.273 e. The molecule has 0 spiro atoms. The first-order valence-electron chi connectivity index (χ1n) is 8.34. The second kappa shape index (κ2) is 6.48. The Kier molecular flexibility index (Phi) is 4.01. The number of amides is 1. The van der Waals surface area contributed by atoms with Crippen molar-refractivity contribution in [2.24, 2.45) is 18.0 Å². The van der Waals surface area contributed by atoms with Crippen molar-refractivity contribution >= 4 is 17.7 Å². The number of aromatic hydroxyl groups is 1. The van der Waals surface area contributed by atoms with Crippen molar-refractivity contribution < 1.29 is 9.90 Å². The number of dihydropyridines is 1. The number of benzene rings is 1. The normalized spacial score (nSPS) is 21.0. The van der Waals surface area contributed by atoms with E-state index in [-0.39, 0.29) is 23.6 Å². The molecule has 0 radical (unpaired) electrons. The van der Waals surface area contributed by atoms with E-state index >= 15 is 0 Å². The monoisotopic (exact) mass is 346 g/mol. The minimum Gasteiger partial charge on any atom is -0.507 e. The number of aliphatic imine (C=N–C) groups is 1. The molecule has 0 bridgehead atoms. The summed E-state index contributed by atoms with van der Waals surface area (Å²) in [6, 6.07) is 8.82. The molecule has 2 heterocycles. The van der Waals surface area contributed by atoms with Crippen LogP contribution in [-0.2, 0) is 7.05 Å². The van der Waals surface area contributed by atoms with Gasteiger partial charge in [-0.25, -0.2) is 0 Å². The molecular weight excluding hydrogens is 328 g/mol. The third-order valence-corrected chi connectivity index (χ3v) is 4.53. The van der Waals surface area contributed by atoms with E-state index in [1.54, 1.807) is 37.7 Å². The van der Waals surface area contributed by atoms with Crippen LogP contribution in [0.25, 0.3) is 5.57 Å². The van der Waals surface area contributed by atoms with E-state index in [4.69, 9.17) is 0 Å². The number of fused-ring (bicyclic) bond motifs is 1. The van der Waals surface area contributed by atoms with E-state index in [1.807, 2.05) is 30.4 Å². The molecule has 4 rings (SSSR count). The fourth-order valence-electron chi connectivity index (χ4n) is 3.14. The van der Waals surface area contributed by atoms with Gasteiger partial charge in [-0.05, 0) is 29.9 Å². The minimum atomic E-state index is -0.204. The molecule has 0 saturated heterocycles. The van der Waals surface area contributed by atoms with E-state index in [0.29, 0.717) is 11.4 Å². The van der Waals surface area contributed by atoms with E-state index in [9.17, 15) is 9.90 Å². The van der Waals surface area contributed by atoms with Crippen molar-refractivity contribution in [3.8, 4) is 5.75 Å². The highest BCUT2D eigenvalue weighted by molar-refractivity contribution is 6.11. The van der Waals surface area contributed by atoms with Gasteiger partial charge >= 0.3 is 0 Å². The summed E-state index contributed by atoms with van der Waals surface area (Å²) in [6.45, 7) is 0. The first-order chi connectivity index (χ1) is 12.6. The van der Waals surface area contributed by atoms with Gasteiger partial charge in [0.25, 0.3) is 5.91 Å². The van der Waals surface area contributed by atoms with Gasteiger partial charge in [0.1, 0.15) is 11.4 Å². The largest absolute Gasteiger partial charge is 0.507 e. The van der Waals surface area contributed by atoms with E-state index < -0.39 is 0 Å². The second-order valence-electron chi connectivity index (χ2n) is 6.26. The zero-order chi connectivity index (χ0) is 18.1. The maximum atomic E-state index is 12.3. The van der Waals surface area contributed by atoms with E-state index in [2.05, 4.69) is 21.5 Å². The molecule has 1 aromatic carbocycles. The van der Waals surface area contributed by atoms with Crippen LogP contribution in [0.3, 0.4) is 0 Å². The minimum absolute atomic E-state index is 0.0727. The molecule has 1 aliphatic carbocycles. The third-order valence-electron chi connectivity index (χ3n) is 4.53. The van der Waals surface area contributed by atoms with Gasteiger partial charge in [-0.15, -0.1) is 0 Å². The van der Waals surface area contributed by atoms with Gasteiger partial charge in [-0.1, -0.05) is 30.4 Å². The highest BCUT2D eigenvalue weighted by atomic mass is 16.3. The lowest BCUT2D eigenvalue weighted by atomic mass is 9.88. The van der Waals surface area contributed by atoms with Crippen molar-refractivity contribution in [1.29, 1.82) is 0 Å². The molecule has 2 aromatic rings. The molecule has 1 amide bonds. The van der Waals surface area contributed by atoms with Crippen molar-refractivity contribution in [2.75, 3.05) is 0 Å². The molecule has 2 N–H and O–H groups in total. The zero-order valence-corrected chi connectivity index (χ0v) is 14.2. The SMILES string of the molecule is Cn1nccc1C(=O)NC1=CC2N=CC(c3ccccc3O)=CC2C=C1. The Hall–Kier alpha value is -3.41. The van der Waals surface area contributed by atoms with Gasteiger partial charge in [0.2, 0.25) is 0 Å². The van der Waals surface area contributed by atoms with E-state index in [0.717, 1.165) is 11.1 Å². The molecule has 6 nitrogen and oxygen atoms in total. The fourth-order valence-corrected chi connectivity index (χ4v) is 3.14. The maximum Gasteiger partial charge on any atom is 0.273 e. The number of phenols is 1. The van der Waals surface area contributed by atoms with Crippen LogP contribution in [0, 0.1) is 5.92 Å².